The maximum absolute atomic E-state index is 11.9. The van der Waals surface area contributed by atoms with Crippen molar-refractivity contribution in [2.24, 2.45) is 0 Å². The molecule has 2 heterocycles. The van der Waals surface area contributed by atoms with Gasteiger partial charge in [0, 0.05) is 30.2 Å². The number of aromatic nitrogens is 1. The first-order chi connectivity index (χ1) is 11.3. The fourth-order valence-electron chi connectivity index (χ4n) is 2.18. The maximum atomic E-state index is 11.9. The van der Waals surface area contributed by atoms with Gasteiger partial charge in [-0.15, -0.1) is 6.58 Å². The zero-order valence-electron chi connectivity index (χ0n) is 12.5. The van der Waals surface area contributed by atoms with E-state index in [1.807, 2.05) is 18.2 Å². The SMILES string of the molecule is C=CCNC(=O)c1cc(Nc2ccc3c(c2)OCCO3)ccn1. The highest BCUT2D eigenvalue weighted by Gasteiger charge is 2.12. The van der Waals surface area contributed by atoms with E-state index >= 15 is 0 Å². The minimum Gasteiger partial charge on any atom is -0.486 e. The van der Waals surface area contributed by atoms with Crippen LogP contribution >= 0.6 is 0 Å². The molecule has 118 valence electrons. The van der Waals surface area contributed by atoms with Crippen LogP contribution in [0.5, 0.6) is 11.5 Å². The van der Waals surface area contributed by atoms with Gasteiger partial charge in [0.15, 0.2) is 11.5 Å². The highest BCUT2D eigenvalue weighted by Crippen LogP contribution is 2.33. The summed E-state index contributed by atoms with van der Waals surface area (Å²) in [6.07, 6.45) is 3.21. The summed E-state index contributed by atoms with van der Waals surface area (Å²) in [5.41, 5.74) is 1.95. The van der Waals surface area contributed by atoms with E-state index in [-0.39, 0.29) is 5.91 Å². The van der Waals surface area contributed by atoms with Gasteiger partial charge in [-0.25, -0.2) is 0 Å². The van der Waals surface area contributed by atoms with Gasteiger partial charge in [-0.05, 0) is 24.3 Å². The van der Waals surface area contributed by atoms with Crippen molar-refractivity contribution in [3.8, 4) is 11.5 Å². The second-order valence-corrected chi connectivity index (χ2v) is 4.91. The lowest BCUT2D eigenvalue weighted by atomic mass is 10.2. The Balaban J connectivity index is 1.75. The summed E-state index contributed by atoms with van der Waals surface area (Å²) in [4.78, 5) is 16.0. The van der Waals surface area contributed by atoms with E-state index in [4.69, 9.17) is 9.47 Å². The average molecular weight is 311 g/mol. The van der Waals surface area contributed by atoms with Gasteiger partial charge in [0.2, 0.25) is 0 Å². The maximum Gasteiger partial charge on any atom is 0.270 e. The summed E-state index contributed by atoms with van der Waals surface area (Å²) in [6.45, 7) is 5.07. The van der Waals surface area contributed by atoms with E-state index in [1.165, 1.54) is 0 Å². The summed E-state index contributed by atoms with van der Waals surface area (Å²) >= 11 is 0. The molecule has 6 heteroatoms. The second-order valence-electron chi connectivity index (χ2n) is 4.91. The van der Waals surface area contributed by atoms with Crippen LogP contribution in [0.25, 0.3) is 0 Å². The number of hydrogen-bond donors (Lipinski definition) is 2. The summed E-state index contributed by atoms with van der Waals surface area (Å²) in [6, 6.07) is 9.10. The van der Waals surface area contributed by atoms with Gasteiger partial charge < -0.3 is 20.1 Å². The molecule has 0 radical (unpaired) electrons. The zero-order chi connectivity index (χ0) is 16.1. The van der Waals surface area contributed by atoms with Crippen LogP contribution in [-0.4, -0.2) is 30.6 Å². The summed E-state index contributed by atoms with van der Waals surface area (Å²) in [7, 11) is 0. The third-order valence-electron chi connectivity index (χ3n) is 3.23. The molecule has 0 fully saturated rings. The van der Waals surface area contributed by atoms with Crippen molar-refractivity contribution in [1.29, 1.82) is 0 Å². The second kappa shape index (κ2) is 6.83. The first-order valence-corrected chi connectivity index (χ1v) is 7.28. The molecule has 0 aliphatic carbocycles. The molecular formula is C17H17N3O3. The average Bonchev–Trinajstić information content (AvgIpc) is 2.60. The first kappa shape index (κ1) is 14.9. The Labute approximate surface area is 134 Å². The largest absolute Gasteiger partial charge is 0.486 e. The van der Waals surface area contributed by atoms with Crippen molar-refractivity contribution in [3.05, 3.63) is 54.9 Å². The lowest BCUT2D eigenvalue weighted by Gasteiger charge is -2.19. The molecule has 0 atom stereocenters. The fourth-order valence-corrected chi connectivity index (χ4v) is 2.18. The van der Waals surface area contributed by atoms with Crippen molar-refractivity contribution in [2.75, 3.05) is 25.1 Å². The van der Waals surface area contributed by atoms with Crippen LogP contribution in [0.4, 0.5) is 11.4 Å². The first-order valence-electron chi connectivity index (χ1n) is 7.28. The molecular weight excluding hydrogens is 294 g/mol. The van der Waals surface area contributed by atoms with Crippen molar-refractivity contribution >= 4 is 17.3 Å². The monoisotopic (exact) mass is 311 g/mol. The Morgan fingerprint density at radius 3 is 2.78 bits per heavy atom. The molecule has 0 spiro atoms. The van der Waals surface area contributed by atoms with Crippen LogP contribution in [0.3, 0.4) is 0 Å². The van der Waals surface area contributed by atoms with E-state index in [1.54, 1.807) is 24.4 Å². The number of hydrogen-bond acceptors (Lipinski definition) is 5. The Kier molecular flexibility index (Phi) is 4.42. The number of rotatable bonds is 5. The fraction of sp³-hybridized carbons (Fsp3) is 0.176. The molecule has 0 saturated carbocycles. The third kappa shape index (κ3) is 3.60. The Bertz CT molecular complexity index is 731. The van der Waals surface area contributed by atoms with Crippen LogP contribution in [0, 0.1) is 0 Å². The number of pyridine rings is 1. The van der Waals surface area contributed by atoms with Gasteiger partial charge in [-0.1, -0.05) is 6.08 Å². The lowest BCUT2D eigenvalue weighted by molar-refractivity contribution is 0.0953. The number of carbonyl (C=O) groups excluding carboxylic acids is 1. The predicted molar refractivity (Wildman–Crippen MR) is 87.5 cm³/mol. The number of benzene rings is 1. The number of fused-ring (bicyclic) bond motifs is 1. The molecule has 1 aromatic heterocycles. The van der Waals surface area contributed by atoms with E-state index < -0.39 is 0 Å². The molecule has 0 bridgehead atoms. The molecule has 1 aromatic carbocycles. The molecule has 0 unspecified atom stereocenters. The molecule has 2 N–H and O–H groups in total. The van der Waals surface area contributed by atoms with Crippen LogP contribution in [0.2, 0.25) is 0 Å². The van der Waals surface area contributed by atoms with E-state index in [9.17, 15) is 4.79 Å². The lowest BCUT2D eigenvalue weighted by Crippen LogP contribution is -2.24. The molecule has 2 aromatic rings. The molecule has 1 aliphatic heterocycles. The van der Waals surface area contributed by atoms with Gasteiger partial charge in [0.05, 0.1) is 0 Å². The minimum absolute atomic E-state index is 0.240. The molecule has 3 rings (SSSR count). The molecule has 1 aliphatic rings. The van der Waals surface area contributed by atoms with Crippen LogP contribution in [-0.2, 0) is 0 Å². The highest BCUT2D eigenvalue weighted by atomic mass is 16.6. The van der Waals surface area contributed by atoms with Gasteiger partial charge in [0.25, 0.3) is 5.91 Å². The van der Waals surface area contributed by atoms with Gasteiger partial charge in [0.1, 0.15) is 18.9 Å². The van der Waals surface area contributed by atoms with E-state index in [0.717, 1.165) is 17.1 Å². The number of nitrogens with one attached hydrogen (secondary N) is 2. The molecule has 0 saturated heterocycles. The van der Waals surface area contributed by atoms with Gasteiger partial charge in [-0.3, -0.25) is 9.78 Å². The van der Waals surface area contributed by atoms with Crippen molar-refractivity contribution < 1.29 is 14.3 Å². The Morgan fingerprint density at radius 1 is 1.17 bits per heavy atom. The molecule has 6 nitrogen and oxygen atoms in total. The number of carbonyl (C=O) groups is 1. The van der Waals surface area contributed by atoms with Crippen LogP contribution in [0.15, 0.2) is 49.2 Å². The van der Waals surface area contributed by atoms with Crippen molar-refractivity contribution in [1.82, 2.24) is 10.3 Å². The smallest absolute Gasteiger partial charge is 0.270 e. The third-order valence-corrected chi connectivity index (χ3v) is 3.23. The summed E-state index contributed by atoms with van der Waals surface area (Å²) in [5.74, 6) is 1.20. The normalized spacial score (nSPS) is 12.3. The van der Waals surface area contributed by atoms with Crippen LogP contribution in [0.1, 0.15) is 10.5 Å². The summed E-state index contributed by atoms with van der Waals surface area (Å²) in [5, 5.41) is 5.93. The van der Waals surface area contributed by atoms with Crippen molar-refractivity contribution in [2.45, 2.75) is 0 Å². The Morgan fingerprint density at radius 2 is 1.96 bits per heavy atom. The standard InChI is InChI=1S/C17H17N3O3/c1-2-6-19-17(21)14-10-13(5-7-18-14)20-12-3-4-15-16(11-12)23-9-8-22-15/h2-5,7,10-11H,1,6,8-9H2,(H,18,20)(H,19,21). The van der Waals surface area contributed by atoms with Gasteiger partial charge >= 0.3 is 0 Å². The van der Waals surface area contributed by atoms with Gasteiger partial charge in [-0.2, -0.15) is 0 Å². The van der Waals surface area contributed by atoms with Crippen LogP contribution < -0.4 is 20.1 Å². The molecule has 23 heavy (non-hydrogen) atoms. The van der Waals surface area contributed by atoms with E-state index in [2.05, 4.69) is 22.2 Å². The number of amides is 1. The number of nitrogens with zero attached hydrogens (tertiary/aromatic N) is 1. The van der Waals surface area contributed by atoms with E-state index in [0.29, 0.717) is 31.2 Å². The van der Waals surface area contributed by atoms with Crippen molar-refractivity contribution in [3.63, 3.8) is 0 Å². The number of anilines is 2. The predicted octanol–water partition coefficient (Wildman–Crippen LogP) is 2.51. The Hall–Kier alpha value is -3.02. The minimum atomic E-state index is -0.240. The topological polar surface area (TPSA) is 72.5 Å². The summed E-state index contributed by atoms with van der Waals surface area (Å²) < 4.78 is 11.1. The molecule has 1 amide bonds. The zero-order valence-corrected chi connectivity index (χ0v) is 12.5. The highest BCUT2D eigenvalue weighted by molar-refractivity contribution is 5.93. The number of ether oxygens (including phenoxy) is 2. The quantitative estimate of drug-likeness (QED) is 0.830.